The van der Waals surface area contributed by atoms with Crippen molar-refractivity contribution in [2.45, 2.75) is 10.8 Å². The number of nitrogens with two attached hydrogens (primary N) is 1. The van der Waals surface area contributed by atoms with E-state index in [9.17, 15) is 0 Å². The van der Waals surface area contributed by atoms with Crippen LogP contribution in [0.2, 0.25) is 0 Å². The van der Waals surface area contributed by atoms with E-state index in [0.717, 1.165) is 27.8 Å². The van der Waals surface area contributed by atoms with E-state index in [0.29, 0.717) is 12.6 Å². The Labute approximate surface area is 108 Å². The van der Waals surface area contributed by atoms with E-state index in [1.807, 2.05) is 18.2 Å². The molecule has 5 nitrogen and oxygen atoms in total. The molecule has 2 N–H and O–H groups in total. The fourth-order valence-electron chi connectivity index (χ4n) is 1.63. The fraction of sp³-hybridized carbons (Fsp3) is 0.167. The van der Waals surface area contributed by atoms with Crippen molar-refractivity contribution in [1.29, 1.82) is 0 Å². The molecule has 1 aliphatic rings. The van der Waals surface area contributed by atoms with E-state index in [2.05, 4.69) is 9.97 Å². The number of rotatable bonds is 3. The van der Waals surface area contributed by atoms with Crippen LogP contribution in [-0.4, -0.2) is 16.8 Å². The van der Waals surface area contributed by atoms with Gasteiger partial charge in [-0.2, -0.15) is 0 Å². The Balaban J connectivity index is 1.72. The highest BCUT2D eigenvalue weighted by Crippen LogP contribution is 2.34. The second-order valence-electron chi connectivity index (χ2n) is 3.72. The maximum atomic E-state index is 5.74. The Hall–Kier alpha value is -1.95. The first-order chi connectivity index (χ1) is 8.83. The van der Waals surface area contributed by atoms with Crippen molar-refractivity contribution < 1.29 is 9.47 Å². The molecule has 0 radical (unpaired) electrons. The van der Waals surface area contributed by atoms with Gasteiger partial charge in [0, 0.05) is 18.1 Å². The Bertz CT molecular complexity index is 577. The van der Waals surface area contributed by atoms with Crippen LogP contribution in [0.15, 0.2) is 35.6 Å². The van der Waals surface area contributed by atoms with Gasteiger partial charge in [-0.15, -0.1) is 0 Å². The molecule has 0 aliphatic carbocycles. The highest BCUT2D eigenvalue weighted by atomic mass is 32.2. The summed E-state index contributed by atoms with van der Waals surface area (Å²) in [5, 5.41) is 0.746. The van der Waals surface area contributed by atoms with E-state index >= 15 is 0 Å². The lowest BCUT2D eigenvalue weighted by molar-refractivity contribution is 0.174. The van der Waals surface area contributed by atoms with E-state index in [1.165, 1.54) is 0 Å². The molecule has 92 valence electrons. The van der Waals surface area contributed by atoms with Gasteiger partial charge < -0.3 is 15.2 Å². The van der Waals surface area contributed by atoms with Gasteiger partial charge in [0.2, 0.25) is 6.79 Å². The maximum Gasteiger partial charge on any atom is 0.231 e. The third kappa shape index (κ3) is 2.19. The summed E-state index contributed by atoms with van der Waals surface area (Å²) in [6.45, 7) is 0.295. The van der Waals surface area contributed by atoms with Gasteiger partial charge in [0.15, 0.2) is 17.3 Å². The van der Waals surface area contributed by atoms with Crippen LogP contribution in [0, 0.1) is 0 Å². The van der Waals surface area contributed by atoms with Crippen LogP contribution in [0.25, 0.3) is 0 Å². The first-order valence-electron chi connectivity index (χ1n) is 5.41. The van der Waals surface area contributed by atoms with Gasteiger partial charge in [-0.3, -0.25) is 0 Å². The number of anilines is 1. The number of ether oxygens (including phenoxy) is 2. The number of nitrogens with zero attached hydrogens (tertiary/aromatic N) is 2. The number of thioether (sulfide) groups is 1. The molecule has 1 aliphatic heterocycles. The van der Waals surface area contributed by atoms with E-state index in [4.69, 9.17) is 15.2 Å². The van der Waals surface area contributed by atoms with Crippen LogP contribution >= 0.6 is 11.8 Å². The number of hydrogen-bond donors (Lipinski definition) is 1. The molecule has 18 heavy (non-hydrogen) atoms. The summed E-state index contributed by atoms with van der Waals surface area (Å²) in [4.78, 5) is 8.18. The van der Waals surface area contributed by atoms with Gasteiger partial charge in [-0.25, -0.2) is 9.97 Å². The van der Waals surface area contributed by atoms with Gasteiger partial charge in [-0.05, 0) is 17.7 Å². The average molecular weight is 261 g/mol. The predicted molar refractivity (Wildman–Crippen MR) is 68.6 cm³/mol. The standard InChI is InChI=1S/C12H11N3O2S/c13-11-12(15-4-3-14-11)18-6-8-1-2-9-10(5-8)17-7-16-9/h1-5H,6-7H2,(H2,13,14). The molecule has 0 saturated heterocycles. The summed E-state index contributed by atoms with van der Waals surface area (Å²) >= 11 is 1.55. The van der Waals surface area contributed by atoms with Crippen LogP contribution < -0.4 is 15.2 Å². The molecule has 0 bridgehead atoms. The van der Waals surface area contributed by atoms with Gasteiger partial charge in [0.05, 0.1) is 0 Å². The Kier molecular flexibility index (Phi) is 2.93. The fourth-order valence-corrected chi connectivity index (χ4v) is 2.45. The minimum absolute atomic E-state index is 0.295. The topological polar surface area (TPSA) is 70.3 Å². The van der Waals surface area contributed by atoms with Crippen molar-refractivity contribution in [3.05, 3.63) is 36.2 Å². The summed E-state index contributed by atoms with van der Waals surface area (Å²) in [6, 6.07) is 5.90. The summed E-state index contributed by atoms with van der Waals surface area (Å²) in [5.41, 5.74) is 6.87. The molecule has 0 atom stereocenters. The molecule has 0 fully saturated rings. The number of nitrogen functional groups attached to an aromatic ring is 1. The second kappa shape index (κ2) is 4.73. The zero-order valence-corrected chi connectivity index (χ0v) is 10.3. The second-order valence-corrected chi connectivity index (χ2v) is 4.69. The Morgan fingerprint density at radius 3 is 2.89 bits per heavy atom. The van der Waals surface area contributed by atoms with Gasteiger partial charge in [-0.1, -0.05) is 17.8 Å². The molecular weight excluding hydrogens is 250 g/mol. The SMILES string of the molecule is Nc1nccnc1SCc1ccc2c(c1)OCO2. The first kappa shape index (κ1) is 11.2. The third-order valence-electron chi connectivity index (χ3n) is 2.50. The summed E-state index contributed by atoms with van der Waals surface area (Å²) in [5.74, 6) is 2.81. The van der Waals surface area contributed by atoms with Gasteiger partial charge in [0.25, 0.3) is 0 Å². The first-order valence-corrected chi connectivity index (χ1v) is 6.39. The monoisotopic (exact) mass is 261 g/mol. The number of benzene rings is 1. The highest BCUT2D eigenvalue weighted by Gasteiger charge is 2.13. The minimum atomic E-state index is 0.295. The van der Waals surface area contributed by atoms with Crippen molar-refractivity contribution in [3.8, 4) is 11.5 Å². The highest BCUT2D eigenvalue weighted by molar-refractivity contribution is 7.98. The van der Waals surface area contributed by atoms with Crippen molar-refractivity contribution >= 4 is 17.6 Å². The Morgan fingerprint density at radius 2 is 2.00 bits per heavy atom. The quantitative estimate of drug-likeness (QED) is 0.853. The molecule has 0 saturated carbocycles. The summed E-state index contributed by atoms with van der Waals surface area (Å²) in [6.07, 6.45) is 3.22. The van der Waals surface area contributed by atoms with E-state index < -0.39 is 0 Å². The Morgan fingerprint density at radius 1 is 1.17 bits per heavy atom. The lowest BCUT2D eigenvalue weighted by atomic mass is 10.2. The summed E-state index contributed by atoms with van der Waals surface area (Å²) < 4.78 is 10.6. The van der Waals surface area contributed by atoms with Gasteiger partial charge in [0.1, 0.15) is 5.03 Å². The van der Waals surface area contributed by atoms with Crippen LogP contribution in [0.3, 0.4) is 0 Å². The smallest absolute Gasteiger partial charge is 0.231 e. The molecule has 0 amide bonds. The molecule has 1 aromatic heterocycles. The minimum Gasteiger partial charge on any atom is -0.454 e. The lowest BCUT2D eigenvalue weighted by Gasteiger charge is -2.04. The molecule has 0 spiro atoms. The molecule has 6 heteroatoms. The van der Waals surface area contributed by atoms with Crippen molar-refractivity contribution in [2.24, 2.45) is 0 Å². The molecule has 2 heterocycles. The lowest BCUT2D eigenvalue weighted by Crippen LogP contribution is -1.95. The van der Waals surface area contributed by atoms with Crippen LogP contribution in [0.1, 0.15) is 5.56 Å². The van der Waals surface area contributed by atoms with E-state index in [-0.39, 0.29) is 0 Å². The average Bonchev–Trinajstić information content (AvgIpc) is 2.85. The predicted octanol–water partition coefficient (Wildman–Crippen LogP) is 2.08. The zero-order chi connectivity index (χ0) is 12.4. The van der Waals surface area contributed by atoms with E-state index in [1.54, 1.807) is 24.2 Å². The maximum absolute atomic E-state index is 5.74. The van der Waals surface area contributed by atoms with Crippen molar-refractivity contribution in [3.63, 3.8) is 0 Å². The van der Waals surface area contributed by atoms with Gasteiger partial charge >= 0.3 is 0 Å². The molecule has 1 aromatic carbocycles. The zero-order valence-electron chi connectivity index (χ0n) is 9.50. The summed E-state index contributed by atoms with van der Waals surface area (Å²) in [7, 11) is 0. The molecule has 3 rings (SSSR count). The molecular formula is C12H11N3O2S. The van der Waals surface area contributed by atoms with Crippen LogP contribution in [0.5, 0.6) is 11.5 Å². The number of aromatic nitrogens is 2. The van der Waals surface area contributed by atoms with Crippen LogP contribution in [-0.2, 0) is 5.75 Å². The normalized spacial score (nSPS) is 12.7. The number of hydrogen-bond acceptors (Lipinski definition) is 6. The van der Waals surface area contributed by atoms with Crippen LogP contribution in [0.4, 0.5) is 5.82 Å². The largest absolute Gasteiger partial charge is 0.454 e. The molecule has 2 aromatic rings. The van der Waals surface area contributed by atoms with Crippen molar-refractivity contribution in [2.75, 3.05) is 12.5 Å². The molecule has 0 unspecified atom stereocenters. The number of fused-ring (bicyclic) bond motifs is 1. The third-order valence-corrected chi connectivity index (χ3v) is 3.57. The van der Waals surface area contributed by atoms with Crippen molar-refractivity contribution in [1.82, 2.24) is 9.97 Å².